The molecule has 2 unspecified atom stereocenters. The van der Waals surface area contributed by atoms with Crippen LogP contribution in [-0.4, -0.2) is 28.9 Å². The zero-order valence-electron chi connectivity index (χ0n) is 14.9. The van der Waals surface area contributed by atoms with Crippen LogP contribution in [0.2, 0.25) is 0 Å². The third-order valence-electron chi connectivity index (χ3n) is 4.46. The summed E-state index contributed by atoms with van der Waals surface area (Å²) in [6.45, 7) is 3.35. The summed E-state index contributed by atoms with van der Waals surface area (Å²) < 4.78 is 19.5. The lowest BCUT2D eigenvalue weighted by molar-refractivity contribution is -0.484. The first-order valence-electron chi connectivity index (χ1n) is 8.55. The van der Waals surface area contributed by atoms with Crippen LogP contribution in [0.1, 0.15) is 36.6 Å². The Kier molecular flexibility index (Phi) is 5.36. The maximum absolute atomic E-state index is 14.2. The van der Waals surface area contributed by atoms with E-state index in [-0.39, 0.29) is 23.8 Å². The van der Waals surface area contributed by atoms with E-state index in [2.05, 4.69) is 4.99 Å². The van der Waals surface area contributed by atoms with Gasteiger partial charge in [-0.05, 0) is 35.9 Å². The standard InChI is InChI=1S/C19H19FN2O4S/c1-12(2)10-19(14(11-22(24)25)16-8-5-9-27-16)18(23)26-17(21-19)13-6-3-4-7-15(13)20/h3-9,12,14H,10-11H2,1-2H3. The first kappa shape index (κ1) is 19.2. The highest BCUT2D eigenvalue weighted by atomic mass is 32.1. The lowest BCUT2D eigenvalue weighted by Gasteiger charge is -2.29. The molecule has 1 aromatic heterocycles. The van der Waals surface area contributed by atoms with E-state index in [0.29, 0.717) is 4.88 Å². The first-order valence-corrected chi connectivity index (χ1v) is 9.43. The van der Waals surface area contributed by atoms with Crippen molar-refractivity contribution >= 4 is 23.2 Å². The van der Waals surface area contributed by atoms with E-state index in [1.54, 1.807) is 23.6 Å². The van der Waals surface area contributed by atoms with Crippen molar-refractivity contribution in [2.75, 3.05) is 6.54 Å². The minimum Gasteiger partial charge on any atom is -0.405 e. The van der Waals surface area contributed by atoms with Crippen LogP contribution in [0.15, 0.2) is 46.8 Å². The third kappa shape index (κ3) is 3.75. The van der Waals surface area contributed by atoms with E-state index in [0.717, 1.165) is 0 Å². The largest absolute Gasteiger partial charge is 0.405 e. The molecule has 0 N–H and O–H groups in total. The number of hydrogen-bond donors (Lipinski definition) is 0. The Hall–Kier alpha value is -2.61. The van der Waals surface area contributed by atoms with Gasteiger partial charge < -0.3 is 4.74 Å². The smallest absolute Gasteiger partial charge is 0.341 e. The number of ether oxygens (including phenoxy) is 1. The second-order valence-corrected chi connectivity index (χ2v) is 7.87. The van der Waals surface area contributed by atoms with Crippen molar-refractivity contribution in [2.45, 2.75) is 31.7 Å². The van der Waals surface area contributed by atoms with Crippen LogP contribution < -0.4 is 0 Å². The molecule has 142 valence electrons. The van der Waals surface area contributed by atoms with Crippen LogP contribution >= 0.6 is 11.3 Å². The number of thiophene rings is 1. The molecule has 0 bridgehead atoms. The number of carbonyl (C=O) groups excluding carboxylic acids is 1. The summed E-state index contributed by atoms with van der Waals surface area (Å²) in [5, 5.41) is 13.2. The fourth-order valence-corrected chi connectivity index (χ4v) is 4.31. The molecule has 0 aliphatic carbocycles. The Morgan fingerprint density at radius 2 is 2.04 bits per heavy atom. The molecule has 0 amide bonds. The highest BCUT2D eigenvalue weighted by Gasteiger charge is 2.55. The predicted molar refractivity (Wildman–Crippen MR) is 100 cm³/mol. The Bertz CT molecular complexity index is 882. The topological polar surface area (TPSA) is 81.8 Å². The highest BCUT2D eigenvalue weighted by molar-refractivity contribution is 7.10. The van der Waals surface area contributed by atoms with Crippen LogP contribution in [0.3, 0.4) is 0 Å². The molecule has 3 rings (SSSR count). The van der Waals surface area contributed by atoms with Gasteiger partial charge in [0.1, 0.15) is 5.82 Å². The van der Waals surface area contributed by atoms with Crippen LogP contribution in [-0.2, 0) is 9.53 Å². The maximum atomic E-state index is 14.2. The van der Waals surface area contributed by atoms with Crippen LogP contribution in [0.25, 0.3) is 0 Å². The molecule has 2 heterocycles. The maximum Gasteiger partial charge on any atom is 0.341 e. The van der Waals surface area contributed by atoms with Crippen molar-refractivity contribution in [3.05, 3.63) is 68.2 Å². The number of halogens is 1. The molecule has 2 aromatic rings. The molecular weight excluding hydrogens is 371 g/mol. The average molecular weight is 390 g/mol. The Balaban J connectivity index is 2.15. The van der Waals surface area contributed by atoms with Crippen molar-refractivity contribution in [3.63, 3.8) is 0 Å². The molecule has 0 radical (unpaired) electrons. The highest BCUT2D eigenvalue weighted by Crippen LogP contribution is 2.43. The molecule has 1 aliphatic rings. The zero-order chi connectivity index (χ0) is 19.6. The quantitative estimate of drug-likeness (QED) is 0.406. The van der Waals surface area contributed by atoms with Gasteiger partial charge in [-0.25, -0.2) is 14.2 Å². The lowest BCUT2D eigenvalue weighted by Crippen LogP contribution is -2.44. The summed E-state index contributed by atoms with van der Waals surface area (Å²) >= 11 is 1.33. The van der Waals surface area contributed by atoms with Gasteiger partial charge in [0, 0.05) is 9.80 Å². The van der Waals surface area contributed by atoms with Gasteiger partial charge in [0.05, 0.1) is 11.5 Å². The molecule has 0 spiro atoms. The molecule has 0 saturated carbocycles. The van der Waals surface area contributed by atoms with Gasteiger partial charge in [0.15, 0.2) is 5.54 Å². The average Bonchev–Trinajstić information content (AvgIpc) is 3.22. The normalized spacial score (nSPS) is 20.4. The number of nitro groups is 1. The summed E-state index contributed by atoms with van der Waals surface area (Å²) in [5.41, 5.74) is -1.38. The molecule has 0 saturated heterocycles. The number of rotatable bonds is 7. The minimum absolute atomic E-state index is 0.0236. The van der Waals surface area contributed by atoms with Gasteiger partial charge in [-0.1, -0.05) is 32.0 Å². The third-order valence-corrected chi connectivity index (χ3v) is 5.45. The van der Waals surface area contributed by atoms with E-state index in [1.807, 2.05) is 13.8 Å². The van der Waals surface area contributed by atoms with Crippen LogP contribution in [0.4, 0.5) is 4.39 Å². The van der Waals surface area contributed by atoms with Crippen molar-refractivity contribution in [2.24, 2.45) is 10.9 Å². The van der Waals surface area contributed by atoms with Crippen molar-refractivity contribution in [1.82, 2.24) is 0 Å². The van der Waals surface area contributed by atoms with Gasteiger partial charge >= 0.3 is 5.97 Å². The Morgan fingerprint density at radius 1 is 1.30 bits per heavy atom. The summed E-state index contributed by atoms with van der Waals surface area (Å²) in [6, 6.07) is 9.40. The number of carbonyl (C=O) groups is 1. The van der Waals surface area contributed by atoms with Gasteiger partial charge in [-0.3, -0.25) is 10.1 Å². The minimum atomic E-state index is -1.45. The predicted octanol–water partition coefficient (Wildman–Crippen LogP) is 4.04. The first-order chi connectivity index (χ1) is 12.8. The molecule has 27 heavy (non-hydrogen) atoms. The lowest BCUT2D eigenvalue weighted by atomic mass is 9.77. The summed E-state index contributed by atoms with van der Waals surface area (Å²) in [7, 11) is 0. The van der Waals surface area contributed by atoms with Gasteiger partial charge in [0.25, 0.3) is 0 Å². The van der Waals surface area contributed by atoms with E-state index < -0.39 is 34.7 Å². The summed E-state index contributed by atoms with van der Waals surface area (Å²) in [4.78, 5) is 29.0. The Morgan fingerprint density at radius 3 is 2.63 bits per heavy atom. The van der Waals surface area contributed by atoms with E-state index in [9.17, 15) is 19.3 Å². The number of cyclic esters (lactones) is 1. The number of hydrogen-bond acceptors (Lipinski definition) is 6. The molecule has 2 atom stereocenters. The van der Waals surface area contributed by atoms with Gasteiger partial charge in [0.2, 0.25) is 12.4 Å². The van der Waals surface area contributed by atoms with Crippen molar-refractivity contribution in [3.8, 4) is 0 Å². The van der Waals surface area contributed by atoms with Crippen LogP contribution in [0, 0.1) is 21.8 Å². The van der Waals surface area contributed by atoms with Gasteiger partial charge in [-0.15, -0.1) is 11.3 Å². The number of nitrogens with zero attached hydrogens (tertiary/aromatic N) is 2. The number of benzene rings is 1. The van der Waals surface area contributed by atoms with E-state index >= 15 is 0 Å². The van der Waals surface area contributed by atoms with E-state index in [1.165, 1.54) is 29.5 Å². The number of aliphatic imine (C=N–C) groups is 1. The molecule has 0 fully saturated rings. The van der Waals surface area contributed by atoms with Crippen LogP contribution in [0.5, 0.6) is 0 Å². The van der Waals surface area contributed by atoms with Crippen molar-refractivity contribution in [1.29, 1.82) is 0 Å². The fraction of sp³-hybridized carbons (Fsp3) is 0.368. The Labute approximate surface area is 159 Å². The molecule has 1 aromatic carbocycles. The summed E-state index contributed by atoms with van der Waals surface area (Å²) in [5.74, 6) is -2.12. The molecule has 8 heteroatoms. The monoisotopic (exact) mass is 390 g/mol. The molecular formula is C19H19FN2O4S. The number of esters is 1. The SMILES string of the molecule is CC(C)CC1(C(C[N+](=O)[O-])c2cccs2)N=C(c2ccccc2F)OC1=O. The second-order valence-electron chi connectivity index (χ2n) is 6.89. The second kappa shape index (κ2) is 7.56. The summed E-state index contributed by atoms with van der Waals surface area (Å²) in [6.07, 6.45) is 0.264. The molecule has 6 nitrogen and oxygen atoms in total. The van der Waals surface area contributed by atoms with Gasteiger partial charge in [-0.2, -0.15) is 0 Å². The van der Waals surface area contributed by atoms with Crippen molar-refractivity contribution < 1.29 is 18.8 Å². The fourth-order valence-electron chi connectivity index (χ4n) is 3.40. The molecule has 1 aliphatic heterocycles. The zero-order valence-corrected chi connectivity index (χ0v) is 15.7. The van der Waals surface area contributed by atoms with E-state index in [4.69, 9.17) is 4.74 Å².